The van der Waals surface area contributed by atoms with Gasteiger partial charge in [-0.1, -0.05) is 36.4 Å². The van der Waals surface area contributed by atoms with Crippen LogP contribution in [-0.2, 0) is 9.47 Å². The van der Waals surface area contributed by atoms with E-state index < -0.39 is 6.23 Å². The molecule has 1 unspecified atom stereocenters. The van der Waals surface area contributed by atoms with Crippen LogP contribution in [0.2, 0.25) is 0 Å². The smallest absolute Gasteiger partial charge is 0.233 e. The monoisotopic (exact) mass is 393 g/mol. The van der Waals surface area contributed by atoms with Crippen LogP contribution in [-0.4, -0.2) is 37.8 Å². The molecular weight excluding hydrogens is 362 g/mol. The van der Waals surface area contributed by atoms with Crippen molar-refractivity contribution in [2.24, 2.45) is 15.0 Å². The normalized spacial score (nSPS) is 14.1. The van der Waals surface area contributed by atoms with Gasteiger partial charge in [0.1, 0.15) is 0 Å². The Bertz CT molecular complexity index is 918. The predicted octanol–water partition coefficient (Wildman–Crippen LogP) is 5.82. The maximum absolute atomic E-state index is 5.59. The van der Waals surface area contributed by atoms with Crippen LogP contribution in [0.4, 0.5) is 11.4 Å². The molecule has 0 saturated heterocycles. The van der Waals surface area contributed by atoms with Gasteiger partial charge in [-0.25, -0.2) is 9.98 Å². The molecule has 0 N–H and O–H groups in total. The van der Waals surface area contributed by atoms with E-state index in [0.29, 0.717) is 11.6 Å². The van der Waals surface area contributed by atoms with Gasteiger partial charge in [0.15, 0.2) is 6.23 Å². The number of hydrogen-bond donors (Lipinski definition) is 0. The molecule has 2 aromatic carbocycles. The highest BCUT2D eigenvalue weighted by Crippen LogP contribution is 2.25. The first-order chi connectivity index (χ1) is 13.8. The van der Waals surface area contributed by atoms with E-state index in [1.54, 1.807) is 14.2 Å². The van der Waals surface area contributed by atoms with E-state index in [2.05, 4.69) is 4.99 Å². The van der Waals surface area contributed by atoms with Gasteiger partial charge >= 0.3 is 0 Å². The molecule has 0 bridgehead atoms. The van der Waals surface area contributed by atoms with E-state index in [4.69, 9.17) is 19.5 Å². The van der Waals surface area contributed by atoms with Crippen molar-refractivity contribution < 1.29 is 9.47 Å². The van der Waals surface area contributed by atoms with Gasteiger partial charge in [0.05, 0.1) is 29.9 Å². The van der Waals surface area contributed by atoms with Crippen LogP contribution >= 0.6 is 0 Å². The van der Waals surface area contributed by atoms with Crippen LogP contribution in [0.5, 0.6) is 0 Å². The lowest BCUT2D eigenvalue weighted by molar-refractivity contribution is 0.160. The molecular formula is C24H31N3O2. The molecule has 29 heavy (non-hydrogen) atoms. The zero-order chi connectivity index (χ0) is 21.6. The average molecular weight is 394 g/mol. The van der Waals surface area contributed by atoms with Gasteiger partial charge in [-0.15, -0.1) is 0 Å². The fraction of sp³-hybridized carbons (Fsp3) is 0.375. The lowest BCUT2D eigenvalue weighted by atomic mass is 10.1. The van der Waals surface area contributed by atoms with Gasteiger partial charge in [0.2, 0.25) is 5.90 Å². The van der Waals surface area contributed by atoms with E-state index in [1.165, 1.54) is 0 Å². The number of aryl methyl sites for hydroxylation is 4. The second-order valence-corrected chi connectivity index (χ2v) is 7.16. The third kappa shape index (κ3) is 5.61. The van der Waals surface area contributed by atoms with Crippen molar-refractivity contribution in [1.29, 1.82) is 0 Å². The van der Waals surface area contributed by atoms with Crippen molar-refractivity contribution in [2.75, 3.05) is 14.2 Å². The average Bonchev–Trinajstić information content (AvgIpc) is 2.68. The molecule has 154 valence electrons. The molecule has 2 rings (SSSR count). The Kier molecular flexibility index (Phi) is 7.85. The van der Waals surface area contributed by atoms with E-state index in [9.17, 15) is 0 Å². The Balaban J connectivity index is 2.41. The highest BCUT2D eigenvalue weighted by atomic mass is 16.5. The van der Waals surface area contributed by atoms with Gasteiger partial charge in [-0.3, -0.25) is 4.99 Å². The van der Waals surface area contributed by atoms with Gasteiger partial charge in [0, 0.05) is 7.11 Å². The molecule has 1 atom stereocenters. The molecule has 5 heteroatoms. The molecule has 0 heterocycles. The minimum Gasteiger partial charge on any atom is -0.480 e. The molecule has 2 aromatic rings. The lowest BCUT2D eigenvalue weighted by Gasteiger charge is -2.15. The Morgan fingerprint density at radius 3 is 1.62 bits per heavy atom. The summed E-state index contributed by atoms with van der Waals surface area (Å²) >= 11 is 0. The summed E-state index contributed by atoms with van der Waals surface area (Å²) in [6, 6.07) is 12.2. The standard InChI is InChI=1S/C24H31N3O2/c1-15-11-9-12-16(2)21(15)25-19(5)23(28-7)27-24(29-8)20(6)26-22-17(3)13-10-14-18(22)4/h9-14,23H,1-8H3. The van der Waals surface area contributed by atoms with E-state index in [-0.39, 0.29) is 0 Å². The molecule has 0 aliphatic rings. The zero-order valence-electron chi connectivity index (χ0n) is 18.7. The van der Waals surface area contributed by atoms with Gasteiger partial charge < -0.3 is 9.47 Å². The summed E-state index contributed by atoms with van der Waals surface area (Å²) in [5, 5.41) is 0. The summed E-state index contributed by atoms with van der Waals surface area (Å²) in [5.74, 6) is 0.426. The quantitative estimate of drug-likeness (QED) is 0.458. The van der Waals surface area contributed by atoms with E-state index >= 15 is 0 Å². The second kappa shape index (κ2) is 10.1. The first kappa shape index (κ1) is 22.5. The Morgan fingerprint density at radius 1 is 0.759 bits per heavy atom. The van der Waals surface area contributed by atoms with Crippen molar-refractivity contribution >= 4 is 28.7 Å². The summed E-state index contributed by atoms with van der Waals surface area (Å²) in [5.41, 5.74) is 7.76. The number of ether oxygens (including phenoxy) is 2. The van der Waals surface area contributed by atoms with Gasteiger partial charge in [-0.05, 0) is 63.8 Å². The largest absolute Gasteiger partial charge is 0.480 e. The van der Waals surface area contributed by atoms with Crippen LogP contribution in [0.15, 0.2) is 51.4 Å². The van der Waals surface area contributed by atoms with E-state index in [0.717, 1.165) is 39.3 Å². The molecule has 0 aliphatic carbocycles. The minimum atomic E-state index is -0.563. The highest BCUT2D eigenvalue weighted by Gasteiger charge is 2.15. The Labute approximate surface area is 174 Å². The number of nitrogens with zero attached hydrogens (tertiary/aromatic N) is 3. The Morgan fingerprint density at radius 2 is 1.21 bits per heavy atom. The van der Waals surface area contributed by atoms with Crippen LogP contribution in [0.1, 0.15) is 36.1 Å². The molecule has 0 aromatic heterocycles. The number of hydrogen-bond acceptors (Lipinski definition) is 5. The summed E-state index contributed by atoms with van der Waals surface area (Å²) in [4.78, 5) is 14.2. The van der Waals surface area contributed by atoms with Gasteiger partial charge in [0.25, 0.3) is 0 Å². The summed E-state index contributed by atoms with van der Waals surface area (Å²) in [6.07, 6.45) is -0.563. The molecule has 0 aliphatic heterocycles. The minimum absolute atomic E-state index is 0.426. The number of para-hydroxylation sites is 2. The third-order valence-corrected chi connectivity index (χ3v) is 4.76. The number of rotatable bonds is 6. The third-order valence-electron chi connectivity index (χ3n) is 4.76. The van der Waals surface area contributed by atoms with Crippen LogP contribution < -0.4 is 0 Å². The van der Waals surface area contributed by atoms with Crippen LogP contribution in [0.25, 0.3) is 0 Å². The molecule has 0 spiro atoms. The molecule has 0 fully saturated rings. The SMILES string of the molecule is COC(=NC(OC)C(C)=Nc1c(C)cccc1C)C(C)=Nc1c(C)cccc1C. The number of methoxy groups -OCH3 is 2. The first-order valence-corrected chi connectivity index (χ1v) is 9.66. The van der Waals surface area contributed by atoms with E-state index in [1.807, 2.05) is 77.9 Å². The first-order valence-electron chi connectivity index (χ1n) is 9.66. The summed E-state index contributed by atoms with van der Waals surface area (Å²) < 4.78 is 11.1. The molecule has 0 saturated carbocycles. The summed E-state index contributed by atoms with van der Waals surface area (Å²) in [6.45, 7) is 12.0. The topological polar surface area (TPSA) is 55.5 Å². The fourth-order valence-electron chi connectivity index (χ4n) is 3.13. The maximum Gasteiger partial charge on any atom is 0.233 e. The fourth-order valence-corrected chi connectivity index (χ4v) is 3.13. The van der Waals surface area contributed by atoms with Crippen molar-refractivity contribution in [3.05, 3.63) is 58.7 Å². The van der Waals surface area contributed by atoms with Crippen LogP contribution in [0, 0.1) is 27.7 Å². The second-order valence-electron chi connectivity index (χ2n) is 7.16. The predicted molar refractivity (Wildman–Crippen MR) is 123 cm³/mol. The number of aliphatic imine (C=N–C) groups is 3. The molecule has 0 radical (unpaired) electrons. The maximum atomic E-state index is 5.59. The molecule has 5 nitrogen and oxygen atoms in total. The lowest BCUT2D eigenvalue weighted by Crippen LogP contribution is -2.23. The zero-order valence-corrected chi connectivity index (χ0v) is 18.7. The number of benzene rings is 2. The molecule has 0 amide bonds. The van der Waals surface area contributed by atoms with Crippen molar-refractivity contribution in [1.82, 2.24) is 0 Å². The highest BCUT2D eigenvalue weighted by molar-refractivity contribution is 6.38. The summed E-state index contributed by atoms with van der Waals surface area (Å²) in [7, 11) is 3.20. The van der Waals surface area contributed by atoms with Crippen molar-refractivity contribution in [2.45, 2.75) is 47.8 Å². The van der Waals surface area contributed by atoms with Crippen molar-refractivity contribution in [3.63, 3.8) is 0 Å². The van der Waals surface area contributed by atoms with Crippen molar-refractivity contribution in [3.8, 4) is 0 Å². The Hall–Kier alpha value is -2.79. The van der Waals surface area contributed by atoms with Crippen LogP contribution in [0.3, 0.4) is 0 Å². The van der Waals surface area contributed by atoms with Gasteiger partial charge in [-0.2, -0.15) is 0 Å².